The van der Waals surface area contributed by atoms with Gasteiger partial charge < -0.3 is 5.11 Å². The molecule has 0 fully saturated rings. The molecular formula is C15H12N4O4. The minimum absolute atomic E-state index is 0.115. The summed E-state index contributed by atoms with van der Waals surface area (Å²) in [5, 5.41) is 30.2. The van der Waals surface area contributed by atoms with Gasteiger partial charge in [-0.15, -0.1) is 0 Å². The quantitative estimate of drug-likeness (QED) is 0.661. The average Bonchev–Trinajstić information content (AvgIpc) is 2.52. The van der Waals surface area contributed by atoms with E-state index in [1.54, 1.807) is 13.0 Å². The van der Waals surface area contributed by atoms with E-state index in [2.05, 4.69) is 5.43 Å². The highest BCUT2D eigenvalue weighted by Gasteiger charge is 2.24. The van der Waals surface area contributed by atoms with Gasteiger partial charge in [0.05, 0.1) is 22.2 Å². The van der Waals surface area contributed by atoms with Crippen molar-refractivity contribution in [3.05, 3.63) is 63.7 Å². The van der Waals surface area contributed by atoms with Crippen LogP contribution in [0.15, 0.2) is 42.5 Å². The van der Waals surface area contributed by atoms with E-state index in [4.69, 9.17) is 10.4 Å². The summed E-state index contributed by atoms with van der Waals surface area (Å²) in [6, 6.07) is 12.4. The van der Waals surface area contributed by atoms with Crippen LogP contribution in [0.5, 0.6) is 0 Å². The number of rotatable bonds is 4. The van der Waals surface area contributed by atoms with Crippen LogP contribution in [0.3, 0.4) is 0 Å². The molecule has 0 atom stereocenters. The molecule has 2 aromatic rings. The normalized spacial score (nSPS) is 9.74. The van der Waals surface area contributed by atoms with Crippen molar-refractivity contribution in [1.29, 1.82) is 5.26 Å². The van der Waals surface area contributed by atoms with Crippen molar-refractivity contribution in [3.8, 4) is 6.07 Å². The lowest BCUT2D eigenvalue weighted by atomic mass is 10.1. The van der Waals surface area contributed by atoms with E-state index in [-0.39, 0.29) is 11.4 Å². The predicted molar refractivity (Wildman–Crippen MR) is 82.3 cm³/mol. The number of hydrogen-bond donors (Lipinski definition) is 2. The van der Waals surface area contributed by atoms with Gasteiger partial charge in [-0.25, -0.2) is 15.2 Å². The molecule has 0 radical (unpaired) electrons. The van der Waals surface area contributed by atoms with Crippen LogP contribution in [0.25, 0.3) is 0 Å². The van der Waals surface area contributed by atoms with Crippen LogP contribution in [0, 0.1) is 28.4 Å². The Bertz CT molecular complexity index is 796. The van der Waals surface area contributed by atoms with Gasteiger partial charge in [0.15, 0.2) is 0 Å². The summed E-state index contributed by atoms with van der Waals surface area (Å²) >= 11 is 0. The number of aryl methyl sites for hydroxylation is 1. The summed E-state index contributed by atoms with van der Waals surface area (Å²) < 4.78 is 0. The maximum Gasteiger partial charge on any atom is 0.424 e. The van der Waals surface area contributed by atoms with Crippen molar-refractivity contribution in [2.75, 3.05) is 5.01 Å². The van der Waals surface area contributed by atoms with Gasteiger partial charge in [0, 0.05) is 6.07 Å². The van der Waals surface area contributed by atoms with Gasteiger partial charge in [-0.05, 0) is 36.8 Å². The minimum Gasteiger partial charge on any atom is -0.464 e. The minimum atomic E-state index is -1.37. The fourth-order valence-electron chi connectivity index (χ4n) is 2.11. The Labute approximate surface area is 131 Å². The molecule has 8 nitrogen and oxygen atoms in total. The largest absolute Gasteiger partial charge is 0.464 e. The van der Waals surface area contributed by atoms with Crippen molar-refractivity contribution >= 4 is 23.2 Å². The highest BCUT2D eigenvalue weighted by Crippen LogP contribution is 2.35. The molecule has 0 aliphatic heterocycles. The number of amides is 1. The first-order valence-corrected chi connectivity index (χ1v) is 6.48. The maximum absolute atomic E-state index is 11.3. The first-order valence-electron chi connectivity index (χ1n) is 6.48. The molecule has 0 bridgehead atoms. The maximum atomic E-state index is 11.3. The van der Waals surface area contributed by atoms with Gasteiger partial charge in [0.2, 0.25) is 0 Å². The molecule has 2 aromatic carbocycles. The number of nitrogens with zero attached hydrogens (tertiary/aromatic N) is 3. The van der Waals surface area contributed by atoms with E-state index in [1.807, 2.05) is 6.07 Å². The van der Waals surface area contributed by atoms with Gasteiger partial charge in [-0.1, -0.05) is 12.1 Å². The molecule has 0 aliphatic rings. The first kappa shape index (κ1) is 15.8. The lowest BCUT2D eigenvalue weighted by molar-refractivity contribution is -0.384. The Hall–Kier alpha value is -3.60. The number of hydrazine groups is 1. The summed E-state index contributed by atoms with van der Waals surface area (Å²) in [5.41, 5.74) is 3.30. The molecule has 0 aromatic heterocycles. The van der Waals surface area contributed by atoms with Gasteiger partial charge >= 0.3 is 6.09 Å². The number of nitro groups is 1. The van der Waals surface area contributed by atoms with Crippen LogP contribution in [-0.2, 0) is 0 Å². The zero-order valence-electron chi connectivity index (χ0n) is 12.1. The Balaban J connectivity index is 2.62. The monoisotopic (exact) mass is 312 g/mol. The average molecular weight is 312 g/mol. The second-order valence-electron chi connectivity index (χ2n) is 4.61. The number of para-hydroxylation sites is 1. The second-order valence-corrected chi connectivity index (χ2v) is 4.61. The van der Waals surface area contributed by atoms with Crippen molar-refractivity contribution < 1.29 is 14.8 Å². The first-order chi connectivity index (χ1) is 10.9. The Kier molecular flexibility index (Phi) is 4.42. The molecule has 0 unspecified atom stereocenters. The molecule has 0 saturated heterocycles. The molecule has 1 amide bonds. The number of nitro benzene ring substituents is 1. The number of carbonyl (C=O) groups is 1. The molecule has 2 rings (SSSR count). The lowest BCUT2D eigenvalue weighted by Crippen LogP contribution is -2.38. The lowest BCUT2D eigenvalue weighted by Gasteiger charge is -2.25. The van der Waals surface area contributed by atoms with Gasteiger partial charge in [-0.3, -0.25) is 10.1 Å². The molecule has 116 valence electrons. The van der Waals surface area contributed by atoms with E-state index in [0.717, 1.165) is 5.01 Å². The van der Waals surface area contributed by atoms with Crippen molar-refractivity contribution in [1.82, 2.24) is 5.43 Å². The number of benzene rings is 2. The van der Waals surface area contributed by atoms with Gasteiger partial charge in [-0.2, -0.15) is 5.26 Å². The summed E-state index contributed by atoms with van der Waals surface area (Å²) in [7, 11) is 0. The fraction of sp³-hybridized carbons (Fsp3) is 0.0667. The van der Waals surface area contributed by atoms with Gasteiger partial charge in [0.25, 0.3) is 5.69 Å². The molecule has 0 aliphatic carbocycles. The van der Waals surface area contributed by atoms with Crippen LogP contribution in [0.4, 0.5) is 21.9 Å². The molecular weight excluding hydrogens is 300 g/mol. The number of carboxylic acid groups (broad SMARTS) is 1. The number of hydrogen-bond acceptors (Lipinski definition) is 5. The van der Waals surface area contributed by atoms with Crippen molar-refractivity contribution in [2.45, 2.75) is 6.92 Å². The van der Waals surface area contributed by atoms with E-state index >= 15 is 0 Å². The third kappa shape index (κ3) is 3.36. The highest BCUT2D eigenvalue weighted by atomic mass is 16.6. The molecule has 2 N–H and O–H groups in total. The topological polar surface area (TPSA) is 120 Å². The SMILES string of the molecule is Cc1cccc([N+](=O)[O-])c1N(NC(=O)O)c1ccc(C#N)cc1. The summed E-state index contributed by atoms with van der Waals surface area (Å²) in [6.07, 6.45) is -1.37. The Morgan fingerprint density at radius 1 is 1.30 bits per heavy atom. The van der Waals surface area contributed by atoms with Crippen LogP contribution in [-0.4, -0.2) is 16.1 Å². The van der Waals surface area contributed by atoms with E-state index in [9.17, 15) is 14.9 Å². The fourth-order valence-corrected chi connectivity index (χ4v) is 2.11. The summed E-state index contributed by atoms with van der Waals surface area (Å²) in [4.78, 5) is 21.8. The summed E-state index contributed by atoms with van der Waals surface area (Å²) in [6.45, 7) is 1.64. The van der Waals surface area contributed by atoms with Crippen molar-refractivity contribution in [2.24, 2.45) is 0 Å². The molecule has 8 heteroatoms. The molecule has 0 spiro atoms. The van der Waals surface area contributed by atoms with Crippen LogP contribution >= 0.6 is 0 Å². The van der Waals surface area contributed by atoms with Crippen LogP contribution in [0.1, 0.15) is 11.1 Å². The zero-order valence-corrected chi connectivity index (χ0v) is 12.1. The molecule has 0 saturated carbocycles. The second kappa shape index (κ2) is 6.44. The predicted octanol–water partition coefficient (Wildman–Crippen LogP) is 3.10. The molecule has 23 heavy (non-hydrogen) atoms. The molecule has 0 heterocycles. The Morgan fingerprint density at radius 3 is 2.48 bits per heavy atom. The zero-order chi connectivity index (χ0) is 17.0. The third-order valence-electron chi connectivity index (χ3n) is 3.10. The van der Waals surface area contributed by atoms with E-state index in [1.165, 1.54) is 36.4 Å². The smallest absolute Gasteiger partial charge is 0.424 e. The van der Waals surface area contributed by atoms with Crippen LogP contribution in [0.2, 0.25) is 0 Å². The van der Waals surface area contributed by atoms with Crippen molar-refractivity contribution in [3.63, 3.8) is 0 Å². The third-order valence-corrected chi connectivity index (χ3v) is 3.10. The number of nitriles is 1. The van der Waals surface area contributed by atoms with Gasteiger partial charge in [0.1, 0.15) is 5.69 Å². The highest BCUT2D eigenvalue weighted by molar-refractivity contribution is 5.79. The Morgan fingerprint density at radius 2 is 1.96 bits per heavy atom. The standard InChI is InChI=1S/C15H12N4O4/c1-10-3-2-4-13(19(22)23)14(10)18(17-15(20)21)12-7-5-11(9-16)6-8-12/h2-8,17H,1H3,(H,20,21). The van der Waals surface area contributed by atoms with E-state index < -0.39 is 11.0 Å². The summed E-state index contributed by atoms with van der Waals surface area (Å²) in [5.74, 6) is 0. The number of nitrogens with one attached hydrogen (secondary N) is 1. The van der Waals surface area contributed by atoms with E-state index in [0.29, 0.717) is 16.8 Å². The van der Waals surface area contributed by atoms with Crippen LogP contribution < -0.4 is 10.4 Å². The number of anilines is 2.